The highest BCUT2D eigenvalue weighted by atomic mass is 16.5. The Morgan fingerprint density at radius 3 is 2.77 bits per heavy atom. The van der Waals surface area contributed by atoms with Gasteiger partial charge in [0.15, 0.2) is 0 Å². The van der Waals surface area contributed by atoms with Crippen LogP contribution in [0.1, 0.15) is 39.7 Å². The molecule has 1 saturated heterocycles. The van der Waals surface area contributed by atoms with Crippen molar-refractivity contribution in [2.75, 3.05) is 20.7 Å². The zero-order valence-corrected chi connectivity index (χ0v) is 19.4. The molecule has 0 bridgehead atoms. The Morgan fingerprint density at radius 2 is 2.13 bits per heavy atom. The Hall–Kier alpha value is -2.45. The summed E-state index contributed by atoms with van der Waals surface area (Å²) in [4.78, 5) is 35.8. The number of carbonyl (C=O) groups excluding carboxylic acids is 2. The van der Waals surface area contributed by atoms with E-state index in [0.29, 0.717) is 13.0 Å². The van der Waals surface area contributed by atoms with Crippen LogP contribution in [-0.2, 0) is 20.7 Å². The quantitative estimate of drug-likeness (QED) is 0.624. The third kappa shape index (κ3) is 4.91. The lowest BCUT2D eigenvalue weighted by molar-refractivity contribution is -0.141. The minimum absolute atomic E-state index is 0.0573. The van der Waals surface area contributed by atoms with E-state index in [1.54, 1.807) is 27.3 Å². The minimum atomic E-state index is -0.626. The fraction of sp³-hybridized carbons (Fsp3) is 0.609. The first kappa shape index (κ1) is 23.2. The van der Waals surface area contributed by atoms with Gasteiger partial charge >= 0.3 is 0 Å². The van der Waals surface area contributed by atoms with Crippen LogP contribution in [0.2, 0.25) is 0 Å². The lowest BCUT2D eigenvalue weighted by atomic mass is 9.85. The number of amides is 2. The minimum Gasteiger partial charge on any atom is -0.379 e. The summed E-state index contributed by atoms with van der Waals surface area (Å²) in [7, 11) is 3.42. The van der Waals surface area contributed by atoms with Crippen LogP contribution < -0.4 is 10.6 Å². The molecule has 1 aliphatic rings. The molecule has 170 valence electrons. The molecule has 4 atom stereocenters. The van der Waals surface area contributed by atoms with E-state index in [1.807, 2.05) is 44.0 Å². The summed E-state index contributed by atoms with van der Waals surface area (Å²) in [5.74, 6) is -0.246. The SMILES string of the molecule is CN[C@@H](C)C(=O)N[C@H](C(=O)N1CCC(OC)[C@@H]1Cc1c[nH]c2ncccc12)C(C)(C)C. The maximum atomic E-state index is 13.7. The molecule has 3 heterocycles. The molecule has 8 nitrogen and oxygen atoms in total. The van der Waals surface area contributed by atoms with Crippen molar-refractivity contribution in [3.05, 3.63) is 30.1 Å². The number of carbonyl (C=O) groups is 2. The van der Waals surface area contributed by atoms with Crippen molar-refractivity contribution < 1.29 is 14.3 Å². The lowest BCUT2D eigenvalue weighted by Gasteiger charge is -2.37. The molecule has 0 radical (unpaired) electrons. The predicted octanol–water partition coefficient (Wildman–Crippen LogP) is 1.86. The smallest absolute Gasteiger partial charge is 0.246 e. The van der Waals surface area contributed by atoms with E-state index in [1.165, 1.54) is 0 Å². The van der Waals surface area contributed by atoms with Crippen molar-refractivity contribution in [2.45, 2.75) is 64.8 Å². The average molecular weight is 430 g/mol. The molecular formula is C23H35N5O3. The maximum Gasteiger partial charge on any atom is 0.246 e. The van der Waals surface area contributed by atoms with Gasteiger partial charge in [-0.1, -0.05) is 20.8 Å². The number of rotatable bonds is 7. The highest BCUT2D eigenvalue weighted by molar-refractivity contribution is 5.90. The Bertz CT molecular complexity index is 919. The van der Waals surface area contributed by atoms with Gasteiger partial charge in [-0.05, 0) is 49.9 Å². The van der Waals surface area contributed by atoms with Gasteiger partial charge in [-0.25, -0.2) is 4.98 Å². The number of hydrogen-bond donors (Lipinski definition) is 3. The standard InChI is InChI=1S/C23H35N5O3/c1-14(24-5)21(29)27-19(23(2,3)4)22(30)28-11-9-18(31-6)17(28)12-15-13-26-20-16(15)8-7-10-25-20/h7-8,10,13-14,17-19,24H,9,11-12H2,1-6H3,(H,25,26)(H,27,29)/t14-,17-,18?,19+/m0/s1. The third-order valence-corrected chi connectivity index (χ3v) is 6.26. The zero-order chi connectivity index (χ0) is 22.8. The molecule has 1 aliphatic heterocycles. The van der Waals surface area contributed by atoms with Crippen LogP contribution in [0.25, 0.3) is 11.0 Å². The number of aromatic amines is 1. The number of aromatic nitrogens is 2. The monoisotopic (exact) mass is 429 g/mol. The number of methoxy groups -OCH3 is 1. The molecule has 1 fully saturated rings. The number of fused-ring (bicyclic) bond motifs is 1. The number of ether oxygens (including phenoxy) is 1. The van der Waals surface area contributed by atoms with Crippen LogP contribution >= 0.6 is 0 Å². The van der Waals surface area contributed by atoms with Gasteiger partial charge < -0.3 is 25.3 Å². The van der Waals surface area contributed by atoms with Crippen molar-refractivity contribution >= 4 is 22.8 Å². The summed E-state index contributed by atoms with van der Waals surface area (Å²) >= 11 is 0. The fourth-order valence-electron chi connectivity index (χ4n) is 4.24. The topological polar surface area (TPSA) is 99.4 Å². The first-order valence-corrected chi connectivity index (χ1v) is 10.9. The summed E-state index contributed by atoms with van der Waals surface area (Å²) in [6.07, 6.45) is 5.09. The van der Waals surface area contributed by atoms with Crippen molar-refractivity contribution in [2.24, 2.45) is 5.41 Å². The summed E-state index contributed by atoms with van der Waals surface area (Å²) in [6.45, 7) is 8.31. The van der Waals surface area contributed by atoms with Crippen LogP contribution in [-0.4, -0.2) is 71.6 Å². The van der Waals surface area contributed by atoms with E-state index in [-0.39, 0.29) is 30.0 Å². The number of pyridine rings is 1. The predicted molar refractivity (Wildman–Crippen MR) is 121 cm³/mol. The summed E-state index contributed by atoms with van der Waals surface area (Å²) in [5.41, 5.74) is 1.51. The number of hydrogen-bond acceptors (Lipinski definition) is 5. The van der Waals surface area contributed by atoms with E-state index < -0.39 is 11.5 Å². The second-order valence-electron chi connectivity index (χ2n) is 9.40. The van der Waals surface area contributed by atoms with Gasteiger partial charge in [0.1, 0.15) is 11.7 Å². The van der Waals surface area contributed by atoms with E-state index >= 15 is 0 Å². The molecule has 2 aromatic rings. The number of nitrogens with zero attached hydrogens (tertiary/aromatic N) is 2. The second kappa shape index (κ2) is 9.36. The molecule has 0 aromatic carbocycles. The lowest BCUT2D eigenvalue weighted by Crippen LogP contribution is -2.58. The van der Waals surface area contributed by atoms with Gasteiger partial charge in [0, 0.05) is 31.4 Å². The average Bonchev–Trinajstić information content (AvgIpc) is 3.34. The van der Waals surface area contributed by atoms with Crippen molar-refractivity contribution in [1.82, 2.24) is 25.5 Å². The Kier molecular flexibility index (Phi) is 7.01. The molecule has 31 heavy (non-hydrogen) atoms. The van der Waals surface area contributed by atoms with Gasteiger partial charge in [-0.15, -0.1) is 0 Å². The normalized spacial score (nSPS) is 21.3. The van der Waals surface area contributed by atoms with E-state index in [0.717, 1.165) is 23.0 Å². The number of H-pyrrole nitrogens is 1. The first-order valence-electron chi connectivity index (χ1n) is 10.9. The van der Waals surface area contributed by atoms with E-state index in [9.17, 15) is 9.59 Å². The van der Waals surface area contributed by atoms with Crippen molar-refractivity contribution in [1.29, 1.82) is 0 Å². The van der Waals surface area contributed by atoms with Crippen LogP contribution in [0.3, 0.4) is 0 Å². The molecular weight excluding hydrogens is 394 g/mol. The number of nitrogens with one attached hydrogen (secondary N) is 3. The Labute approximate surface area is 184 Å². The largest absolute Gasteiger partial charge is 0.379 e. The van der Waals surface area contributed by atoms with E-state index in [4.69, 9.17) is 4.74 Å². The van der Waals surface area contributed by atoms with Crippen molar-refractivity contribution in [3.8, 4) is 0 Å². The van der Waals surface area contributed by atoms with Gasteiger partial charge in [-0.2, -0.15) is 0 Å². The summed E-state index contributed by atoms with van der Waals surface area (Å²) in [6, 6.07) is 2.84. The number of likely N-dealkylation sites (tertiary alicyclic amines) is 1. The highest BCUT2D eigenvalue weighted by Crippen LogP contribution is 2.30. The maximum absolute atomic E-state index is 13.7. The number of likely N-dealkylation sites (N-methyl/N-ethyl adjacent to an activating group) is 1. The molecule has 8 heteroatoms. The van der Waals surface area contributed by atoms with Crippen LogP contribution in [0.4, 0.5) is 0 Å². The van der Waals surface area contributed by atoms with Crippen molar-refractivity contribution in [3.63, 3.8) is 0 Å². The van der Waals surface area contributed by atoms with Gasteiger partial charge in [-0.3, -0.25) is 9.59 Å². The first-order chi connectivity index (χ1) is 14.7. The van der Waals surface area contributed by atoms with Gasteiger partial charge in [0.05, 0.1) is 18.2 Å². The Balaban J connectivity index is 1.86. The zero-order valence-electron chi connectivity index (χ0n) is 19.4. The van der Waals surface area contributed by atoms with Gasteiger partial charge in [0.2, 0.25) is 11.8 Å². The fourth-order valence-corrected chi connectivity index (χ4v) is 4.24. The van der Waals surface area contributed by atoms with Crippen LogP contribution in [0, 0.1) is 5.41 Å². The van der Waals surface area contributed by atoms with Crippen LogP contribution in [0.5, 0.6) is 0 Å². The van der Waals surface area contributed by atoms with Gasteiger partial charge in [0.25, 0.3) is 0 Å². The molecule has 0 spiro atoms. The van der Waals surface area contributed by atoms with Crippen LogP contribution in [0.15, 0.2) is 24.5 Å². The summed E-state index contributed by atoms with van der Waals surface area (Å²) < 4.78 is 5.75. The molecule has 3 rings (SSSR count). The summed E-state index contributed by atoms with van der Waals surface area (Å²) in [5, 5.41) is 6.97. The Morgan fingerprint density at radius 1 is 1.39 bits per heavy atom. The molecule has 0 aliphatic carbocycles. The molecule has 0 saturated carbocycles. The van der Waals surface area contributed by atoms with E-state index in [2.05, 4.69) is 20.6 Å². The molecule has 2 amide bonds. The molecule has 3 N–H and O–H groups in total. The second-order valence-corrected chi connectivity index (χ2v) is 9.40. The third-order valence-electron chi connectivity index (χ3n) is 6.26. The molecule has 1 unspecified atom stereocenters. The molecule has 2 aromatic heterocycles. The highest BCUT2D eigenvalue weighted by Gasteiger charge is 2.43.